The lowest BCUT2D eigenvalue weighted by Gasteiger charge is -2.26. The van der Waals surface area contributed by atoms with Crippen LogP contribution in [0.1, 0.15) is 32.8 Å². The van der Waals surface area contributed by atoms with Crippen molar-refractivity contribution in [3.05, 3.63) is 41.0 Å². The monoisotopic (exact) mass is 321 g/mol. The highest BCUT2D eigenvalue weighted by Gasteiger charge is 2.20. The SMILES string of the molecule is CC(O)CC(C)(C)CNCc1cn[nH]c1-c1cccc(Cl)c1. The largest absolute Gasteiger partial charge is 0.393 e. The predicted molar refractivity (Wildman–Crippen MR) is 90.8 cm³/mol. The molecule has 120 valence electrons. The fraction of sp³-hybridized carbons (Fsp3) is 0.471. The van der Waals surface area contributed by atoms with Gasteiger partial charge in [0.25, 0.3) is 0 Å². The van der Waals surface area contributed by atoms with E-state index in [4.69, 9.17) is 11.6 Å². The van der Waals surface area contributed by atoms with Crippen LogP contribution in [-0.4, -0.2) is 28.0 Å². The molecule has 0 aliphatic carbocycles. The van der Waals surface area contributed by atoms with Crippen molar-refractivity contribution in [2.75, 3.05) is 6.54 Å². The zero-order valence-electron chi connectivity index (χ0n) is 13.4. The van der Waals surface area contributed by atoms with Gasteiger partial charge in [0, 0.05) is 29.2 Å². The maximum Gasteiger partial charge on any atom is 0.0695 e. The summed E-state index contributed by atoms with van der Waals surface area (Å²) in [6.07, 6.45) is 2.32. The number of aliphatic hydroxyl groups is 1. The summed E-state index contributed by atoms with van der Waals surface area (Å²) in [7, 11) is 0. The molecule has 4 nitrogen and oxygen atoms in total. The van der Waals surface area contributed by atoms with E-state index in [1.54, 1.807) is 0 Å². The van der Waals surface area contributed by atoms with E-state index in [9.17, 15) is 5.11 Å². The number of nitrogens with zero attached hydrogens (tertiary/aromatic N) is 1. The second-order valence-corrected chi connectivity index (χ2v) is 7.04. The number of nitrogens with one attached hydrogen (secondary N) is 2. The Hall–Kier alpha value is -1.36. The summed E-state index contributed by atoms with van der Waals surface area (Å²) in [5, 5.41) is 20.9. The molecule has 0 fully saturated rings. The topological polar surface area (TPSA) is 60.9 Å². The second kappa shape index (κ2) is 7.27. The van der Waals surface area contributed by atoms with E-state index in [1.807, 2.05) is 37.4 Å². The first kappa shape index (κ1) is 17.0. The van der Waals surface area contributed by atoms with Gasteiger partial charge in [-0.05, 0) is 30.9 Å². The van der Waals surface area contributed by atoms with Crippen LogP contribution in [0.15, 0.2) is 30.5 Å². The van der Waals surface area contributed by atoms with Gasteiger partial charge in [0.05, 0.1) is 18.0 Å². The molecule has 1 heterocycles. The first-order chi connectivity index (χ1) is 10.4. The Morgan fingerprint density at radius 3 is 2.86 bits per heavy atom. The summed E-state index contributed by atoms with van der Waals surface area (Å²) in [4.78, 5) is 0. The van der Waals surface area contributed by atoms with Gasteiger partial charge in [-0.25, -0.2) is 0 Å². The van der Waals surface area contributed by atoms with Gasteiger partial charge in [-0.15, -0.1) is 0 Å². The number of rotatable bonds is 7. The number of halogens is 1. The molecule has 1 aromatic heterocycles. The summed E-state index contributed by atoms with van der Waals surface area (Å²) < 4.78 is 0. The lowest BCUT2D eigenvalue weighted by Crippen LogP contribution is -2.31. The lowest BCUT2D eigenvalue weighted by molar-refractivity contribution is 0.128. The van der Waals surface area contributed by atoms with Gasteiger partial charge >= 0.3 is 0 Å². The Morgan fingerprint density at radius 2 is 2.18 bits per heavy atom. The molecule has 1 aromatic carbocycles. The Bertz CT molecular complexity index is 607. The van der Waals surface area contributed by atoms with Crippen molar-refractivity contribution in [1.82, 2.24) is 15.5 Å². The Morgan fingerprint density at radius 1 is 1.41 bits per heavy atom. The highest BCUT2D eigenvalue weighted by Crippen LogP contribution is 2.25. The van der Waals surface area contributed by atoms with Crippen LogP contribution in [0.3, 0.4) is 0 Å². The van der Waals surface area contributed by atoms with Gasteiger partial charge in [0.15, 0.2) is 0 Å². The quantitative estimate of drug-likeness (QED) is 0.730. The Balaban J connectivity index is 1.99. The molecule has 0 aliphatic heterocycles. The predicted octanol–water partition coefficient (Wildman–Crippen LogP) is 3.62. The first-order valence-electron chi connectivity index (χ1n) is 7.54. The standard InChI is InChI=1S/C17H24ClN3O/c1-12(22)8-17(2,3)11-19-9-14-10-20-21-16(14)13-5-4-6-15(18)7-13/h4-7,10,12,19,22H,8-9,11H2,1-3H3,(H,20,21). The Kier molecular flexibility index (Phi) is 5.62. The van der Waals surface area contributed by atoms with Crippen LogP contribution in [0.4, 0.5) is 0 Å². The van der Waals surface area contributed by atoms with Crippen LogP contribution in [0.5, 0.6) is 0 Å². The van der Waals surface area contributed by atoms with Crippen molar-refractivity contribution in [2.45, 2.75) is 39.8 Å². The number of aromatic nitrogens is 2. The van der Waals surface area contributed by atoms with Gasteiger partial charge in [-0.1, -0.05) is 37.6 Å². The molecule has 0 bridgehead atoms. The maximum absolute atomic E-state index is 9.53. The minimum atomic E-state index is -0.284. The van der Waals surface area contributed by atoms with E-state index < -0.39 is 0 Å². The average molecular weight is 322 g/mol. The molecule has 1 atom stereocenters. The molecule has 0 saturated carbocycles. The number of benzene rings is 1. The molecule has 2 aromatic rings. The van der Waals surface area contributed by atoms with Crippen molar-refractivity contribution in [3.63, 3.8) is 0 Å². The third-order valence-corrected chi connectivity index (χ3v) is 3.83. The third kappa shape index (κ3) is 4.83. The van der Waals surface area contributed by atoms with E-state index in [2.05, 4.69) is 29.4 Å². The number of H-pyrrole nitrogens is 1. The van der Waals surface area contributed by atoms with Crippen molar-refractivity contribution in [1.29, 1.82) is 0 Å². The highest BCUT2D eigenvalue weighted by molar-refractivity contribution is 6.30. The normalized spacial score (nSPS) is 13.3. The van der Waals surface area contributed by atoms with Crippen LogP contribution in [0, 0.1) is 5.41 Å². The molecule has 22 heavy (non-hydrogen) atoms. The van der Waals surface area contributed by atoms with Crippen LogP contribution in [-0.2, 0) is 6.54 Å². The van der Waals surface area contributed by atoms with Crippen LogP contribution in [0.2, 0.25) is 5.02 Å². The highest BCUT2D eigenvalue weighted by atomic mass is 35.5. The zero-order chi connectivity index (χ0) is 16.2. The molecule has 3 N–H and O–H groups in total. The lowest BCUT2D eigenvalue weighted by atomic mass is 9.87. The smallest absolute Gasteiger partial charge is 0.0695 e. The summed E-state index contributed by atoms with van der Waals surface area (Å²) in [5.74, 6) is 0. The molecule has 2 rings (SSSR count). The molecule has 0 saturated heterocycles. The second-order valence-electron chi connectivity index (χ2n) is 6.60. The summed E-state index contributed by atoms with van der Waals surface area (Å²) in [6, 6.07) is 7.73. The summed E-state index contributed by atoms with van der Waals surface area (Å²) in [5.41, 5.74) is 3.18. The summed E-state index contributed by atoms with van der Waals surface area (Å²) >= 11 is 6.05. The van der Waals surface area contributed by atoms with Gasteiger partial charge in [0.2, 0.25) is 0 Å². The molecule has 1 unspecified atom stereocenters. The van der Waals surface area contributed by atoms with Crippen LogP contribution in [0.25, 0.3) is 11.3 Å². The fourth-order valence-corrected chi connectivity index (χ4v) is 2.94. The van der Waals surface area contributed by atoms with Gasteiger partial charge in [0.1, 0.15) is 0 Å². The molecule has 0 amide bonds. The minimum absolute atomic E-state index is 0.0497. The molecule has 5 heteroatoms. The molecule has 0 aliphatic rings. The van der Waals surface area contributed by atoms with Crippen molar-refractivity contribution >= 4 is 11.6 Å². The molecule has 0 spiro atoms. The summed E-state index contributed by atoms with van der Waals surface area (Å²) in [6.45, 7) is 7.69. The minimum Gasteiger partial charge on any atom is -0.393 e. The van der Waals surface area contributed by atoms with E-state index in [-0.39, 0.29) is 11.5 Å². The zero-order valence-corrected chi connectivity index (χ0v) is 14.1. The maximum atomic E-state index is 9.53. The first-order valence-corrected chi connectivity index (χ1v) is 7.92. The van der Waals surface area contributed by atoms with Crippen molar-refractivity contribution < 1.29 is 5.11 Å². The van der Waals surface area contributed by atoms with Gasteiger partial charge < -0.3 is 10.4 Å². The number of hydrogen-bond acceptors (Lipinski definition) is 3. The van der Waals surface area contributed by atoms with Crippen molar-refractivity contribution in [2.24, 2.45) is 5.41 Å². The molecular formula is C17H24ClN3O. The fourth-order valence-electron chi connectivity index (χ4n) is 2.75. The average Bonchev–Trinajstić information content (AvgIpc) is 2.85. The third-order valence-electron chi connectivity index (χ3n) is 3.60. The molecular weight excluding hydrogens is 298 g/mol. The van der Waals surface area contributed by atoms with Crippen LogP contribution >= 0.6 is 11.6 Å². The number of aromatic amines is 1. The number of hydrogen-bond donors (Lipinski definition) is 3. The van der Waals surface area contributed by atoms with E-state index >= 15 is 0 Å². The van der Waals surface area contributed by atoms with E-state index in [1.165, 1.54) is 0 Å². The van der Waals surface area contributed by atoms with Gasteiger partial charge in [-0.2, -0.15) is 5.10 Å². The Labute approximate surface area is 136 Å². The van der Waals surface area contributed by atoms with E-state index in [0.29, 0.717) is 5.02 Å². The molecule has 0 radical (unpaired) electrons. The number of aliphatic hydroxyl groups excluding tert-OH is 1. The van der Waals surface area contributed by atoms with Crippen LogP contribution < -0.4 is 5.32 Å². The van der Waals surface area contributed by atoms with E-state index in [0.717, 1.165) is 36.3 Å². The van der Waals surface area contributed by atoms with Gasteiger partial charge in [-0.3, -0.25) is 5.10 Å². The van der Waals surface area contributed by atoms with Crippen molar-refractivity contribution in [3.8, 4) is 11.3 Å².